The van der Waals surface area contributed by atoms with Gasteiger partial charge in [0.2, 0.25) is 0 Å². The average molecular weight is 496 g/mol. The first-order valence-corrected chi connectivity index (χ1v) is 9.38. The van der Waals surface area contributed by atoms with Crippen molar-refractivity contribution in [1.82, 2.24) is 25.4 Å². The standard InChI is InChI=1S/C19H24N6S.HI/c1-13(16-7-5-8-17(11-16)25-10-6-9-22-25)24-19(20-4)21-12-18-14(2)23-15(3)26-18;/h5-11,13H,12H2,1-4H3,(H2,20,21,24);1H. The van der Waals surface area contributed by atoms with Gasteiger partial charge in [0.1, 0.15) is 0 Å². The topological polar surface area (TPSA) is 67.1 Å². The van der Waals surface area contributed by atoms with Crippen LogP contribution in [0.2, 0.25) is 0 Å². The summed E-state index contributed by atoms with van der Waals surface area (Å²) < 4.78 is 1.86. The molecule has 0 saturated carbocycles. The normalized spacial score (nSPS) is 12.4. The Morgan fingerprint density at radius 2 is 2.11 bits per heavy atom. The number of hydrogen-bond acceptors (Lipinski definition) is 4. The van der Waals surface area contributed by atoms with Crippen LogP contribution in [0.5, 0.6) is 0 Å². The Labute approximate surface area is 181 Å². The molecule has 0 fully saturated rings. The summed E-state index contributed by atoms with van der Waals surface area (Å²) in [6.45, 7) is 6.91. The van der Waals surface area contributed by atoms with Crippen LogP contribution in [0.25, 0.3) is 5.69 Å². The summed E-state index contributed by atoms with van der Waals surface area (Å²) in [5.41, 5.74) is 3.29. The van der Waals surface area contributed by atoms with Crippen LogP contribution in [0, 0.1) is 13.8 Å². The Bertz CT molecular complexity index is 888. The zero-order valence-electron chi connectivity index (χ0n) is 15.9. The third-order valence-corrected chi connectivity index (χ3v) is 5.20. The summed E-state index contributed by atoms with van der Waals surface area (Å²) in [6, 6.07) is 10.4. The van der Waals surface area contributed by atoms with Crippen LogP contribution in [0.1, 0.15) is 34.1 Å². The molecule has 6 nitrogen and oxygen atoms in total. The third kappa shape index (κ3) is 5.52. The van der Waals surface area contributed by atoms with E-state index in [4.69, 9.17) is 0 Å². The van der Waals surface area contributed by atoms with Gasteiger partial charge in [-0.25, -0.2) is 9.67 Å². The lowest BCUT2D eigenvalue weighted by molar-refractivity contribution is 0.684. The van der Waals surface area contributed by atoms with E-state index in [9.17, 15) is 0 Å². The van der Waals surface area contributed by atoms with Gasteiger partial charge in [-0.15, -0.1) is 35.3 Å². The largest absolute Gasteiger partial charge is 0.351 e. The molecular formula is C19H25IN6S. The predicted octanol–water partition coefficient (Wildman–Crippen LogP) is 3.99. The number of nitrogens with one attached hydrogen (secondary N) is 2. The van der Waals surface area contributed by atoms with E-state index in [1.165, 1.54) is 10.4 Å². The van der Waals surface area contributed by atoms with Crippen molar-refractivity contribution < 1.29 is 0 Å². The molecule has 0 radical (unpaired) electrons. The molecule has 8 heteroatoms. The summed E-state index contributed by atoms with van der Waals surface area (Å²) in [6.07, 6.45) is 3.72. The van der Waals surface area contributed by atoms with Crippen molar-refractivity contribution in [2.45, 2.75) is 33.4 Å². The molecular weight excluding hydrogens is 471 g/mol. The van der Waals surface area contributed by atoms with Crippen LogP contribution < -0.4 is 10.6 Å². The molecule has 0 amide bonds. The third-order valence-electron chi connectivity index (χ3n) is 4.13. The number of thiazole rings is 1. The maximum absolute atomic E-state index is 4.47. The van der Waals surface area contributed by atoms with Gasteiger partial charge in [0, 0.05) is 24.3 Å². The van der Waals surface area contributed by atoms with Gasteiger partial charge in [0.15, 0.2) is 5.96 Å². The van der Waals surface area contributed by atoms with Crippen LogP contribution in [-0.2, 0) is 6.54 Å². The first-order chi connectivity index (χ1) is 12.6. The molecule has 3 aromatic rings. The molecule has 3 rings (SSSR count). The summed E-state index contributed by atoms with van der Waals surface area (Å²) >= 11 is 1.72. The average Bonchev–Trinajstić information content (AvgIpc) is 3.28. The molecule has 0 aliphatic carbocycles. The van der Waals surface area contributed by atoms with E-state index in [0.29, 0.717) is 0 Å². The first kappa shape index (κ1) is 21.4. The van der Waals surface area contributed by atoms with Crippen LogP contribution in [0.4, 0.5) is 0 Å². The van der Waals surface area contributed by atoms with Crippen LogP contribution in [0.15, 0.2) is 47.7 Å². The van der Waals surface area contributed by atoms with Crippen molar-refractivity contribution in [1.29, 1.82) is 0 Å². The molecule has 0 spiro atoms. The second kappa shape index (κ2) is 9.84. The van der Waals surface area contributed by atoms with Gasteiger partial charge in [-0.3, -0.25) is 4.99 Å². The van der Waals surface area contributed by atoms with E-state index in [-0.39, 0.29) is 30.0 Å². The fraction of sp³-hybridized carbons (Fsp3) is 0.316. The van der Waals surface area contributed by atoms with Gasteiger partial charge in [-0.1, -0.05) is 12.1 Å². The quantitative estimate of drug-likeness (QED) is 0.319. The van der Waals surface area contributed by atoms with Crippen molar-refractivity contribution in [3.8, 4) is 5.69 Å². The maximum Gasteiger partial charge on any atom is 0.191 e. The number of aryl methyl sites for hydroxylation is 2. The lowest BCUT2D eigenvalue weighted by Crippen LogP contribution is -2.38. The minimum Gasteiger partial charge on any atom is -0.351 e. The van der Waals surface area contributed by atoms with E-state index in [2.05, 4.69) is 44.8 Å². The van der Waals surface area contributed by atoms with Crippen molar-refractivity contribution in [3.05, 3.63) is 63.9 Å². The molecule has 27 heavy (non-hydrogen) atoms. The molecule has 0 aliphatic heterocycles. The fourth-order valence-electron chi connectivity index (χ4n) is 2.74. The van der Waals surface area contributed by atoms with Crippen molar-refractivity contribution in [3.63, 3.8) is 0 Å². The lowest BCUT2D eigenvalue weighted by Gasteiger charge is -2.19. The number of rotatable bonds is 5. The highest BCUT2D eigenvalue weighted by atomic mass is 127. The Morgan fingerprint density at radius 3 is 2.74 bits per heavy atom. The summed E-state index contributed by atoms with van der Waals surface area (Å²) in [5.74, 6) is 0.771. The van der Waals surface area contributed by atoms with Crippen LogP contribution >= 0.6 is 35.3 Å². The number of hydrogen-bond donors (Lipinski definition) is 2. The predicted molar refractivity (Wildman–Crippen MR) is 122 cm³/mol. The number of aliphatic imine (C=N–C) groups is 1. The van der Waals surface area contributed by atoms with Gasteiger partial charge in [-0.05, 0) is 44.5 Å². The second-order valence-electron chi connectivity index (χ2n) is 6.08. The molecule has 2 N–H and O–H groups in total. The zero-order valence-corrected chi connectivity index (χ0v) is 19.1. The summed E-state index contributed by atoms with van der Waals surface area (Å²) in [5, 5.41) is 12.2. The molecule has 2 aromatic heterocycles. The van der Waals surface area contributed by atoms with E-state index in [1.807, 2.05) is 42.9 Å². The van der Waals surface area contributed by atoms with Gasteiger partial charge < -0.3 is 10.6 Å². The molecule has 0 bridgehead atoms. The van der Waals surface area contributed by atoms with Gasteiger partial charge in [0.25, 0.3) is 0 Å². The maximum atomic E-state index is 4.47. The molecule has 0 aliphatic rings. The number of aromatic nitrogens is 3. The van der Waals surface area contributed by atoms with E-state index in [1.54, 1.807) is 24.6 Å². The molecule has 0 saturated heterocycles. The molecule has 144 valence electrons. The smallest absolute Gasteiger partial charge is 0.191 e. The van der Waals surface area contributed by atoms with Gasteiger partial charge in [-0.2, -0.15) is 5.10 Å². The highest BCUT2D eigenvalue weighted by Gasteiger charge is 2.10. The summed E-state index contributed by atoms with van der Waals surface area (Å²) in [4.78, 5) is 10.0. The van der Waals surface area contributed by atoms with Crippen LogP contribution in [0.3, 0.4) is 0 Å². The number of benzene rings is 1. The van der Waals surface area contributed by atoms with E-state index < -0.39 is 0 Å². The highest BCUT2D eigenvalue weighted by Crippen LogP contribution is 2.18. The van der Waals surface area contributed by atoms with Gasteiger partial charge >= 0.3 is 0 Å². The number of nitrogens with zero attached hydrogens (tertiary/aromatic N) is 4. The number of guanidine groups is 1. The first-order valence-electron chi connectivity index (χ1n) is 8.57. The van der Waals surface area contributed by atoms with E-state index in [0.717, 1.165) is 28.9 Å². The molecule has 2 heterocycles. The number of halogens is 1. The second-order valence-corrected chi connectivity index (χ2v) is 7.37. The SMILES string of the molecule is CN=C(NCc1sc(C)nc1C)NC(C)c1cccc(-n2cccn2)c1.I. The minimum atomic E-state index is 0. The molecule has 1 unspecified atom stereocenters. The van der Waals surface area contributed by atoms with Crippen LogP contribution in [-0.4, -0.2) is 27.8 Å². The van der Waals surface area contributed by atoms with Crippen molar-refractivity contribution in [2.24, 2.45) is 4.99 Å². The van der Waals surface area contributed by atoms with E-state index >= 15 is 0 Å². The van der Waals surface area contributed by atoms with Crippen molar-refractivity contribution >= 4 is 41.3 Å². The molecule has 1 aromatic carbocycles. The Balaban J connectivity index is 0.00000261. The fourth-order valence-corrected chi connectivity index (χ4v) is 3.62. The zero-order chi connectivity index (χ0) is 18.5. The Morgan fingerprint density at radius 1 is 1.30 bits per heavy atom. The Kier molecular flexibility index (Phi) is 7.78. The summed E-state index contributed by atoms with van der Waals surface area (Å²) in [7, 11) is 1.78. The van der Waals surface area contributed by atoms with Gasteiger partial charge in [0.05, 0.1) is 29.0 Å². The minimum absolute atomic E-state index is 0. The Hall–Kier alpha value is -1.94. The highest BCUT2D eigenvalue weighted by molar-refractivity contribution is 14.0. The monoisotopic (exact) mass is 496 g/mol. The van der Waals surface area contributed by atoms with Crippen molar-refractivity contribution in [2.75, 3.05) is 7.05 Å². The molecule has 1 atom stereocenters. The lowest BCUT2D eigenvalue weighted by atomic mass is 10.1.